The van der Waals surface area contributed by atoms with Gasteiger partial charge < -0.3 is 19.6 Å². The molecule has 136 valence electrons. The molecule has 2 aliphatic rings. The standard InChI is InChI=1S/C19H28N4O2/c1-16(20-8-10-21(11-9-20)17(2)24)19(25)23-14-12-22(13-15-23)18-6-4-3-5-7-18/h3-7,16H,8-15H2,1-2H3/p+1/t16-/m1/s1. The molecule has 2 saturated heterocycles. The summed E-state index contributed by atoms with van der Waals surface area (Å²) < 4.78 is 0. The Morgan fingerprint density at radius 2 is 1.52 bits per heavy atom. The van der Waals surface area contributed by atoms with Crippen LogP contribution in [-0.4, -0.2) is 80.0 Å². The van der Waals surface area contributed by atoms with Crippen LogP contribution in [0.4, 0.5) is 5.69 Å². The zero-order chi connectivity index (χ0) is 17.8. The Kier molecular flexibility index (Phi) is 5.58. The summed E-state index contributed by atoms with van der Waals surface area (Å²) >= 11 is 0. The Labute approximate surface area is 150 Å². The van der Waals surface area contributed by atoms with Crippen molar-refractivity contribution in [1.29, 1.82) is 0 Å². The Bertz CT molecular complexity index is 591. The maximum atomic E-state index is 12.9. The van der Waals surface area contributed by atoms with Crippen molar-refractivity contribution in [3.05, 3.63) is 30.3 Å². The van der Waals surface area contributed by atoms with Crippen LogP contribution in [0.15, 0.2) is 30.3 Å². The van der Waals surface area contributed by atoms with Crippen molar-refractivity contribution < 1.29 is 14.5 Å². The fourth-order valence-corrected chi connectivity index (χ4v) is 3.81. The van der Waals surface area contributed by atoms with Gasteiger partial charge in [-0.15, -0.1) is 0 Å². The maximum Gasteiger partial charge on any atom is 0.280 e. The number of carbonyl (C=O) groups excluding carboxylic acids is 2. The molecule has 1 N–H and O–H groups in total. The first kappa shape index (κ1) is 17.7. The summed E-state index contributed by atoms with van der Waals surface area (Å²) in [6, 6.07) is 10.4. The van der Waals surface area contributed by atoms with Gasteiger partial charge in [0.1, 0.15) is 0 Å². The molecule has 2 heterocycles. The highest BCUT2D eigenvalue weighted by Crippen LogP contribution is 2.15. The molecule has 1 atom stereocenters. The number of benzene rings is 1. The zero-order valence-corrected chi connectivity index (χ0v) is 15.3. The Morgan fingerprint density at radius 3 is 2.08 bits per heavy atom. The highest BCUT2D eigenvalue weighted by atomic mass is 16.2. The van der Waals surface area contributed by atoms with E-state index >= 15 is 0 Å². The highest BCUT2D eigenvalue weighted by molar-refractivity contribution is 5.80. The van der Waals surface area contributed by atoms with Crippen molar-refractivity contribution in [2.75, 3.05) is 57.3 Å². The third kappa shape index (κ3) is 4.12. The van der Waals surface area contributed by atoms with Crippen molar-refractivity contribution in [3.8, 4) is 0 Å². The second-order valence-corrected chi connectivity index (χ2v) is 7.03. The number of amides is 2. The lowest BCUT2D eigenvalue weighted by atomic mass is 10.1. The molecule has 2 aliphatic heterocycles. The Hall–Kier alpha value is -2.08. The minimum atomic E-state index is -0.0302. The predicted molar refractivity (Wildman–Crippen MR) is 97.6 cm³/mol. The average molecular weight is 345 g/mol. The first-order valence-corrected chi connectivity index (χ1v) is 9.25. The van der Waals surface area contributed by atoms with Gasteiger partial charge in [-0.3, -0.25) is 9.59 Å². The van der Waals surface area contributed by atoms with Crippen LogP contribution in [0.1, 0.15) is 13.8 Å². The molecule has 25 heavy (non-hydrogen) atoms. The summed E-state index contributed by atoms with van der Waals surface area (Å²) in [5.74, 6) is 0.383. The van der Waals surface area contributed by atoms with E-state index in [0.717, 1.165) is 52.4 Å². The summed E-state index contributed by atoms with van der Waals surface area (Å²) in [5.41, 5.74) is 1.23. The first-order chi connectivity index (χ1) is 12.1. The summed E-state index contributed by atoms with van der Waals surface area (Å²) in [4.78, 5) is 31.8. The molecule has 6 nitrogen and oxygen atoms in total. The molecule has 6 heteroatoms. The van der Waals surface area contributed by atoms with Crippen LogP contribution in [0.25, 0.3) is 0 Å². The van der Waals surface area contributed by atoms with Crippen molar-refractivity contribution in [1.82, 2.24) is 9.80 Å². The summed E-state index contributed by atoms with van der Waals surface area (Å²) in [6.07, 6.45) is 0. The maximum absolute atomic E-state index is 12.9. The van der Waals surface area contributed by atoms with E-state index in [1.165, 1.54) is 10.6 Å². The van der Waals surface area contributed by atoms with Gasteiger partial charge in [0.2, 0.25) is 5.91 Å². The second kappa shape index (κ2) is 7.87. The van der Waals surface area contributed by atoms with Crippen molar-refractivity contribution in [2.45, 2.75) is 19.9 Å². The molecule has 0 aliphatic carbocycles. The van der Waals surface area contributed by atoms with Crippen LogP contribution in [0.3, 0.4) is 0 Å². The van der Waals surface area contributed by atoms with Crippen LogP contribution in [0, 0.1) is 0 Å². The molecule has 0 aromatic heterocycles. The number of quaternary nitrogens is 1. The van der Waals surface area contributed by atoms with Crippen molar-refractivity contribution in [2.24, 2.45) is 0 Å². The largest absolute Gasteiger partial charge is 0.368 e. The molecule has 0 spiro atoms. The summed E-state index contributed by atoms with van der Waals surface area (Å²) in [7, 11) is 0. The van der Waals surface area contributed by atoms with E-state index in [4.69, 9.17) is 0 Å². The van der Waals surface area contributed by atoms with Gasteiger partial charge >= 0.3 is 0 Å². The van der Waals surface area contributed by atoms with Gasteiger partial charge in [0.05, 0.1) is 26.2 Å². The van der Waals surface area contributed by atoms with Gasteiger partial charge in [-0.2, -0.15) is 0 Å². The molecule has 2 amide bonds. The predicted octanol–water partition coefficient (Wildman–Crippen LogP) is -0.529. The molecule has 3 rings (SSSR count). The smallest absolute Gasteiger partial charge is 0.280 e. The molecular formula is C19H29N4O2+. The number of anilines is 1. The number of hydrogen-bond acceptors (Lipinski definition) is 3. The number of carbonyl (C=O) groups is 2. The number of nitrogens with one attached hydrogen (secondary N) is 1. The molecule has 0 saturated carbocycles. The van der Waals surface area contributed by atoms with Crippen LogP contribution in [0.2, 0.25) is 0 Å². The monoisotopic (exact) mass is 345 g/mol. The van der Waals surface area contributed by atoms with Gasteiger partial charge in [-0.25, -0.2) is 0 Å². The van der Waals surface area contributed by atoms with E-state index in [1.807, 2.05) is 22.8 Å². The lowest BCUT2D eigenvalue weighted by Gasteiger charge is -2.39. The zero-order valence-electron chi connectivity index (χ0n) is 15.3. The van der Waals surface area contributed by atoms with Crippen molar-refractivity contribution >= 4 is 17.5 Å². The fourth-order valence-electron chi connectivity index (χ4n) is 3.81. The third-order valence-corrected chi connectivity index (χ3v) is 5.55. The lowest BCUT2D eigenvalue weighted by molar-refractivity contribution is -0.918. The number of hydrogen-bond donors (Lipinski definition) is 1. The molecule has 0 radical (unpaired) electrons. The number of piperazine rings is 2. The lowest BCUT2D eigenvalue weighted by Crippen LogP contribution is -3.19. The van der Waals surface area contributed by atoms with E-state index in [-0.39, 0.29) is 17.9 Å². The van der Waals surface area contributed by atoms with Gasteiger partial charge in [-0.05, 0) is 19.1 Å². The van der Waals surface area contributed by atoms with Gasteiger partial charge in [0, 0.05) is 38.8 Å². The SMILES string of the molecule is CC(=O)N1CC[NH+]([C@H](C)C(=O)N2CCN(c3ccccc3)CC2)CC1. The highest BCUT2D eigenvalue weighted by Gasteiger charge is 2.33. The Morgan fingerprint density at radius 1 is 0.920 bits per heavy atom. The van der Waals surface area contributed by atoms with E-state index < -0.39 is 0 Å². The average Bonchev–Trinajstić information content (AvgIpc) is 2.67. The molecule has 1 aromatic carbocycles. The molecule has 2 fully saturated rings. The summed E-state index contributed by atoms with van der Waals surface area (Å²) in [6.45, 7) is 10.2. The molecule has 0 unspecified atom stereocenters. The van der Waals surface area contributed by atoms with Crippen LogP contribution in [0.5, 0.6) is 0 Å². The van der Waals surface area contributed by atoms with Crippen molar-refractivity contribution in [3.63, 3.8) is 0 Å². The molecular weight excluding hydrogens is 316 g/mol. The van der Waals surface area contributed by atoms with Crippen LogP contribution >= 0.6 is 0 Å². The van der Waals surface area contributed by atoms with Crippen LogP contribution in [-0.2, 0) is 9.59 Å². The van der Waals surface area contributed by atoms with Gasteiger partial charge in [0.25, 0.3) is 5.91 Å². The Balaban J connectivity index is 1.50. The van der Waals surface area contributed by atoms with E-state index in [1.54, 1.807) is 6.92 Å². The topological polar surface area (TPSA) is 48.3 Å². The number of rotatable bonds is 3. The first-order valence-electron chi connectivity index (χ1n) is 9.25. The molecule has 0 bridgehead atoms. The quantitative estimate of drug-likeness (QED) is 0.801. The van der Waals surface area contributed by atoms with Crippen LogP contribution < -0.4 is 9.80 Å². The van der Waals surface area contributed by atoms with E-state index in [2.05, 4.69) is 29.2 Å². The number of para-hydroxylation sites is 1. The second-order valence-electron chi connectivity index (χ2n) is 7.03. The minimum absolute atomic E-state index is 0.0302. The van der Waals surface area contributed by atoms with E-state index in [0.29, 0.717) is 0 Å². The molecule has 1 aromatic rings. The normalized spacial score (nSPS) is 20.5. The van der Waals surface area contributed by atoms with Gasteiger partial charge in [-0.1, -0.05) is 18.2 Å². The van der Waals surface area contributed by atoms with Gasteiger partial charge in [0.15, 0.2) is 6.04 Å². The van der Waals surface area contributed by atoms with E-state index in [9.17, 15) is 9.59 Å². The fraction of sp³-hybridized carbons (Fsp3) is 0.579. The third-order valence-electron chi connectivity index (χ3n) is 5.55. The minimum Gasteiger partial charge on any atom is -0.368 e. The summed E-state index contributed by atoms with van der Waals surface area (Å²) in [5, 5.41) is 0. The number of nitrogens with zero attached hydrogens (tertiary/aromatic N) is 3.